The summed E-state index contributed by atoms with van der Waals surface area (Å²) in [4.78, 5) is 21.2. The first-order chi connectivity index (χ1) is 15.5. The largest absolute Gasteiger partial charge is 0.368 e. The van der Waals surface area contributed by atoms with E-state index in [9.17, 15) is 9.18 Å². The van der Waals surface area contributed by atoms with E-state index in [1.165, 1.54) is 12.1 Å². The molecule has 0 aliphatic carbocycles. The number of aliphatic imine (C=N–C) groups is 1. The third-order valence-electron chi connectivity index (χ3n) is 5.36. The molecule has 1 aromatic carbocycles. The fourth-order valence-corrected chi connectivity index (χ4v) is 3.49. The lowest BCUT2D eigenvalue weighted by Crippen LogP contribution is -2.49. The zero-order valence-electron chi connectivity index (χ0n) is 19.1. The summed E-state index contributed by atoms with van der Waals surface area (Å²) < 4.78 is 18.4. The number of nitrogens with one attached hydrogen (secondary N) is 2. The van der Waals surface area contributed by atoms with Gasteiger partial charge in [0.2, 0.25) is 5.91 Å². The van der Waals surface area contributed by atoms with Crippen LogP contribution in [0.1, 0.15) is 44.6 Å². The highest BCUT2D eigenvalue weighted by atomic mass is 19.1. The van der Waals surface area contributed by atoms with Crippen LogP contribution in [0.3, 0.4) is 0 Å². The van der Waals surface area contributed by atoms with Gasteiger partial charge in [0.25, 0.3) is 0 Å². The number of hydrogen-bond acceptors (Lipinski definition) is 5. The summed E-state index contributed by atoms with van der Waals surface area (Å²) in [6.07, 6.45) is 0.390. The minimum Gasteiger partial charge on any atom is -0.368 e. The van der Waals surface area contributed by atoms with Gasteiger partial charge in [0.1, 0.15) is 12.4 Å². The quantitative estimate of drug-likeness (QED) is 0.481. The van der Waals surface area contributed by atoms with E-state index in [-0.39, 0.29) is 11.7 Å². The summed E-state index contributed by atoms with van der Waals surface area (Å²) in [6, 6.07) is 8.41. The molecule has 2 N–H and O–H groups in total. The molecule has 1 aliphatic heterocycles. The van der Waals surface area contributed by atoms with Crippen molar-refractivity contribution in [1.29, 1.82) is 0 Å². The van der Waals surface area contributed by atoms with Crippen LogP contribution >= 0.6 is 0 Å². The average molecular weight is 445 g/mol. The number of nitrogens with zero attached hydrogens (tertiary/aromatic N) is 4. The van der Waals surface area contributed by atoms with Crippen LogP contribution < -0.4 is 15.5 Å². The first kappa shape index (κ1) is 23.6. The van der Waals surface area contributed by atoms with Gasteiger partial charge in [0.15, 0.2) is 11.7 Å². The van der Waals surface area contributed by atoms with Gasteiger partial charge in [-0.25, -0.2) is 9.38 Å². The highest BCUT2D eigenvalue weighted by molar-refractivity contribution is 5.81. The summed E-state index contributed by atoms with van der Waals surface area (Å²) in [7, 11) is 0. The third kappa shape index (κ3) is 6.70. The number of carbonyl (C=O) groups is 1. The molecule has 1 amide bonds. The first-order valence-electron chi connectivity index (χ1n) is 11.2. The predicted molar refractivity (Wildman–Crippen MR) is 123 cm³/mol. The van der Waals surface area contributed by atoms with E-state index in [2.05, 4.69) is 39.5 Å². The van der Waals surface area contributed by atoms with Crippen molar-refractivity contribution >= 4 is 17.6 Å². The molecule has 0 radical (unpaired) electrons. The Hall–Kier alpha value is -3.10. The van der Waals surface area contributed by atoms with Crippen molar-refractivity contribution in [3.05, 3.63) is 47.6 Å². The van der Waals surface area contributed by atoms with Crippen molar-refractivity contribution in [2.24, 2.45) is 4.99 Å². The first-order valence-corrected chi connectivity index (χ1v) is 11.2. The number of halogens is 1. The van der Waals surface area contributed by atoms with Gasteiger partial charge in [-0.1, -0.05) is 19.0 Å². The van der Waals surface area contributed by atoms with Crippen LogP contribution in [-0.2, 0) is 11.3 Å². The van der Waals surface area contributed by atoms with E-state index in [1.54, 1.807) is 12.1 Å². The summed E-state index contributed by atoms with van der Waals surface area (Å²) >= 11 is 0. The second-order valence-electron chi connectivity index (χ2n) is 8.09. The lowest BCUT2D eigenvalue weighted by Gasteiger charge is -2.36. The molecule has 1 saturated heterocycles. The number of carbonyl (C=O) groups excluding carboxylic acids is 1. The maximum absolute atomic E-state index is 13.1. The van der Waals surface area contributed by atoms with Crippen LogP contribution in [0.15, 0.2) is 39.8 Å². The maximum Gasteiger partial charge on any atom is 0.224 e. The average Bonchev–Trinajstić information content (AvgIpc) is 3.27. The Balaban J connectivity index is 1.42. The zero-order valence-corrected chi connectivity index (χ0v) is 19.1. The molecule has 0 saturated carbocycles. The molecule has 174 valence electrons. The van der Waals surface area contributed by atoms with Gasteiger partial charge in [0.05, 0.1) is 5.69 Å². The van der Waals surface area contributed by atoms with Crippen molar-refractivity contribution in [2.45, 2.75) is 39.7 Å². The van der Waals surface area contributed by atoms with E-state index in [4.69, 9.17) is 4.52 Å². The van der Waals surface area contributed by atoms with Crippen molar-refractivity contribution in [3.63, 3.8) is 0 Å². The molecular weight excluding hydrogens is 411 g/mol. The summed E-state index contributed by atoms with van der Waals surface area (Å²) in [5.41, 5.74) is 1.90. The molecule has 8 nitrogen and oxygen atoms in total. The highest BCUT2D eigenvalue weighted by Crippen LogP contribution is 2.17. The molecule has 0 spiro atoms. The summed E-state index contributed by atoms with van der Waals surface area (Å²) in [5.74, 6) is 1.54. The number of amides is 1. The van der Waals surface area contributed by atoms with Crippen LogP contribution in [0.25, 0.3) is 0 Å². The Morgan fingerprint density at radius 3 is 2.53 bits per heavy atom. The topological polar surface area (TPSA) is 86.0 Å². The Labute approximate surface area is 188 Å². The van der Waals surface area contributed by atoms with Crippen LogP contribution in [0, 0.1) is 5.82 Å². The van der Waals surface area contributed by atoms with E-state index in [0.29, 0.717) is 50.2 Å². The Morgan fingerprint density at radius 1 is 1.19 bits per heavy atom. The number of hydrogen-bond donors (Lipinski definition) is 2. The van der Waals surface area contributed by atoms with E-state index >= 15 is 0 Å². The van der Waals surface area contributed by atoms with E-state index in [1.807, 2.05) is 17.9 Å². The van der Waals surface area contributed by atoms with Crippen LogP contribution in [-0.4, -0.2) is 61.2 Å². The molecule has 2 heterocycles. The summed E-state index contributed by atoms with van der Waals surface area (Å²) in [5, 5.41) is 10.4. The lowest BCUT2D eigenvalue weighted by atomic mass is 10.1. The van der Waals surface area contributed by atoms with Gasteiger partial charge in [0, 0.05) is 57.4 Å². The second-order valence-corrected chi connectivity index (χ2v) is 8.09. The minimum absolute atomic E-state index is 0.115. The second kappa shape index (κ2) is 11.5. The van der Waals surface area contributed by atoms with E-state index in [0.717, 1.165) is 31.0 Å². The molecular formula is C23H33FN6O2. The number of benzene rings is 1. The third-order valence-corrected chi connectivity index (χ3v) is 5.36. The molecule has 0 atom stereocenters. The van der Waals surface area contributed by atoms with Gasteiger partial charge in [-0.2, -0.15) is 0 Å². The van der Waals surface area contributed by atoms with Crippen LogP contribution in [0.2, 0.25) is 0 Å². The van der Waals surface area contributed by atoms with Gasteiger partial charge in [-0.05, 0) is 37.1 Å². The number of rotatable bonds is 8. The van der Waals surface area contributed by atoms with Crippen molar-refractivity contribution < 1.29 is 13.7 Å². The molecule has 0 bridgehead atoms. The monoisotopic (exact) mass is 444 g/mol. The lowest BCUT2D eigenvalue weighted by molar-refractivity contribution is -0.131. The maximum atomic E-state index is 13.1. The van der Waals surface area contributed by atoms with Crippen LogP contribution in [0.5, 0.6) is 0 Å². The van der Waals surface area contributed by atoms with Crippen molar-refractivity contribution in [1.82, 2.24) is 20.7 Å². The number of anilines is 1. The molecule has 9 heteroatoms. The number of piperazine rings is 1. The smallest absolute Gasteiger partial charge is 0.224 e. The fourth-order valence-electron chi connectivity index (χ4n) is 3.49. The fraction of sp³-hybridized carbons (Fsp3) is 0.522. The molecule has 2 aromatic rings. The molecule has 32 heavy (non-hydrogen) atoms. The highest BCUT2D eigenvalue weighted by Gasteiger charge is 2.21. The molecule has 1 aromatic heterocycles. The Kier molecular flexibility index (Phi) is 8.47. The van der Waals surface area contributed by atoms with Gasteiger partial charge in [-0.15, -0.1) is 0 Å². The van der Waals surface area contributed by atoms with Gasteiger partial charge >= 0.3 is 0 Å². The SMILES string of the molecule is CCNC(=NCc1cc(C(C)C)no1)NCCC(=O)N1CCN(c2ccc(F)cc2)CC1. The molecule has 1 aliphatic rings. The standard InChI is InChI=1S/C23H33FN6O2/c1-4-25-23(27-16-20-15-21(17(2)3)28-32-20)26-10-9-22(31)30-13-11-29(12-14-30)19-7-5-18(24)6-8-19/h5-8,15,17H,4,9-14,16H2,1-3H3,(H2,25,26,27). The Bertz CT molecular complexity index is 888. The zero-order chi connectivity index (χ0) is 22.9. The molecule has 1 fully saturated rings. The summed E-state index contributed by atoms with van der Waals surface area (Å²) in [6.45, 7) is 10.5. The normalized spacial score (nSPS) is 14.7. The van der Waals surface area contributed by atoms with Gasteiger partial charge in [-0.3, -0.25) is 4.79 Å². The Morgan fingerprint density at radius 2 is 1.91 bits per heavy atom. The molecule has 3 rings (SSSR count). The van der Waals surface area contributed by atoms with E-state index < -0.39 is 0 Å². The van der Waals surface area contributed by atoms with Crippen molar-refractivity contribution in [3.8, 4) is 0 Å². The number of aromatic nitrogens is 1. The predicted octanol–water partition coefficient (Wildman–Crippen LogP) is 2.73. The number of guanidine groups is 1. The minimum atomic E-state index is -0.239. The molecule has 0 unspecified atom stereocenters. The van der Waals surface area contributed by atoms with Crippen molar-refractivity contribution in [2.75, 3.05) is 44.2 Å². The van der Waals surface area contributed by atoms with Gasteiger partial charge < -0.3 is 25.0 Å². The van der Waals surface area contributed by atoms with Crippen LogP contribution in [0.4, 0.5) is 10.1 Å².